The zero-order valence-electron chi connectivity index (χ0n) is 9.25. The first-order valence-corrected chi connectivity index (χ1v) is 5.57. The molecule has 0 aromatic heterocycles. The van der Waals surface area contributed by atoms with Crippen molar-refractivity contribution in [1.29, 1.82) is 0 Å². The summed E-state index contributed by atoms with van der Waals surface area (Å²) in [4.78, 5) is 12.4. The van der Waals surface area contributed by atoms with Gasteiger partial charge in [0.05, 0.1) is 11.3 Å². The molecule has 0 bridgehead atoms. The average Bonchev–Trinajstić information content (AvgIpc) is 2.33. The van der Waals surface area contributed by atoms with E-state index in [0.717, 1.165) is 25.3 Å². The number of benzene rings is 1. The van der Waals surface area contributed by atoms with Crippen molar-refractivity contribution in [2.45, 2.75) is 19.3 Å². The SMILES string of the molecule is O=C(O)c1ccc(N2CCCCC2)c(F)c1F. The van der Waals surface area contributed by atoms with E-state index in [9.17, 15) is 13.6 Å². The average molecular weight is 241 g/mol. The number of carboxylic acid groups (broad SMARTS) is 1. The summed E-state index contributed by atoms with van der Waals surface area (Å²) in [7, 11) is 0. The Morgan fingerprint density at radius 1 is 1.12 bits per heavy atom. The van der Waals surface area contributed by atoms with Gasteiger partial charge in [0.2, 0.25) is 0 Å². The van der Waals surface area contributed by atoms with E-state index in [2.05, 4.69) is 0 Å². The van der Waals surface area contributed by atoms with Crippen LogP contribution in [0, 0.1) is 11.6 Å². The second-order valence-corrected chi connectivity index (χ2v) is 4.11. The molecule has 1 aromatic carbocycles. The van der Waals surface area contributed by atoms with Gasteiger partial charge in [-0.3, -0.25) is 0 Å². The van der Waals surface area contributed by atoms with Crippen molar-refractivity contribution in [3.05, 3.63) is 29.3 Å². The number of hydrogen-bond donors (Lipinski definition) is 1. The van der Waals surface area contributed by atoms with Crippen LogP contribution in [0.3, 0.4) is 0 Å². The molecule has 17 heavy (non-hydrogen) atoms. The molecule has 1 aliphatic rings. The Morgan fingerprint density at radius 3 is 2.35 bits per heavy atom. The Bertz CT molecular complexity index is 442. The summed E-state index contributed by atoms with van der Waals surface area (Å²) in [6.07, 6.45) is 2.98. The molecular formula is C12H13F2NO2. The topological polar surface area (TPSA) is 40.5 Å². The highest BCUT2D eigenvalue weighted by Gasteiger charge is 2.22. The van der Waals surface area contributed by atoms with Crippen molar-refractivity contribution in [2.24, 2.45) is 0 Å². The molecule has 1 aromatic rings. The minimum atomic E-state index is -1.45. The Hall–Kier alpha value is -1.65. The van der Waals surface area contributed by atoms with Gasteiger partial charge in [0.1, 0.15) is 0 Å². The molecule has 92 valence electrons. The van der Waals surface area contributed by atoms with E-state index in [0.29, 0.717) is 13.1 Å². The van der Waals surface area contributed by atoms with Crippen LogP contribution in [0.5, 0.6) is 0 Å². The lowest BCUT2D eigenvalue weighted by Gasteiger charge is -2.29. The number of hydrogen-bond acceptors (Lipinski definition) is 2. The molecule has 0 saturated carbocycles. The maximum atomic E-state index is 13.7. The summed E-state index contributed by atoms with van der Waals surface area (Å²) in [6.45, 7) is 1.37. The van der Waals surface area contributed by atoms with Crippen LogP contribution < -0.4 is 4.90 Å². The fourth-order valence-electron chi connectivity index (χ4n) is 2.08. The highest BCUT2D eigenvalue weighted by atomic mass is 19.2. The zero-order valence-corrected chi connectivity index (χ0v) is 9.25. The molecule has 0 unspecified atom stereocenters. The molecule has 0 spiro atoms. The van der Waals surface area contributed by atoms with Crippen LogP contribution in [-0.4, -0.2) is 24.2 Å². The third kappa shape index (κ3) is 2.23. The number of anilines is 1. The number of rotatable bonds is 2. The normalized spacial score (nSPS) is 16.0. The highest BCUT2D eigenvalue weighted by molar-refractivity contribution is 5.88. The van der Waals surface area contributed by atoms with Crippen molar-refractivity contribution in [3.8, 4) is 0 Å². The minimum absolute atomic E-state index is 0.159. The number of nitrogens with zero attached hydrogens (tertiary/aromatic N) is 1. The van der Waals surface area contributed by atoms with Gasteiger partial charge in [-0.1, -0.05) is 0 Å². The minimum Gasteiger partial charge on any atom is -0.478 e. The number of carboxylic acids is 1. The number of halogens is 2. The second-order valence-electron chi connectivity index (χ2n) is 4.11. The van der Waals surface area contributed by atoms with Gasteiger partial charge in [0.15, 0.2) is 11.6 Å². The van der Waals surface area contributed by atoms with E-state index in [-0.39, 0.29) is 5.69 Å². The summed E-state index contributed by atoms with van der Waals surface area (Å²) in [5.41, 5.74) is -0.463. The first-order chi connectivity index (χ1) is 8.11. The maximum Gasteiger partial charge on any atom is 0.338 e. The Morgan fingerprint density at radius 2 is 1.76 bits per heavy atom. The summed E-state index contributed by atoms with van der Waals surface area (Å²) in [6, 6.07) is 2.46. The zero-order chi connectivity index (χ0) is 12.4. The van der Waals surface area contributed by atoms with Gasteiger partial charge in [0.25, 0.3) is 0 Å². The van der Waals surface area contributed by atoms with Crippen LogP contribution in [0.1, 0.15) is 29.6 Å². The summed E-state index contributed by atoms with van der Waals surface area (Å²) >= 11 is 0. The van der Waals surface area contributed by atoms with Gasteiger partial charge < -0.3 is 10.0 Å². The molecule has 0 amide bonds. The Labute approximate surface area is 97.7 Å². The summed E-state index contributed by atoms with van der Waals surface area (Å²) in [5.74, 6) is -3.79. The Balaban J connectivity index is 2.36. The van der Waals surface area contributed by atoms with Gasteiger partial charge in [0, 0.05) is 13.1 Å². The maximum absolute atomic E-state index is 13.7. The van der Waals surface area contributed by atoms with Crippen LogP contribution in [0.4, 0.5) is 14.5 Å². The molecule has 1 aliphatic heterocycles. The van der Waals surface area contributed by atoms with Crippen LogP contribution >= 0.6 is 0 Å². The molecular weight excluding hydrogens is 228 g/mol. The van der Waals surface area contributed by atoms with Crippen molar-refractivity contribution in [2.75, 3.05) is 18.0 Å². The molecule has 0 aliphatic carbocycles. The molecule has 3 nitrogen and oxygen atoms in total. The molecule has 1 N–H and O–H groups in total. The number of aromatic carboxylic acids is 1. The highest BCUT2D eigenvalue weighted by Crippen LogP contribution is 2.26. The van der Waals surface area contributed by atoms with Gasteiger partial charge in [-0.05, 0) is 31.4 Å². The largest absolute Gasteiger partial charge is 0.478 e. The Kier molecular flexibility index (Phi) is 3.26. The predicted octanol–water partition coefficient (Wildman–Crippen LogP) is 2.65. The van der Waals surface area contributed by atoms with Crippen molar-refractivity contribution < 1.29 is 18.7 Å². The molecule has 1 fully saturated rings. The smallest absolute Gasteiger partial charge is 0.338 e. The van der Waals surface area contributed by atoms with Gasteiger partial charge >= 0.3 is 5.97 Å². The third-order valence-electron chi connectivity index (χ3n) is 2.99. The second kappa shape index (κ2) is 4.69. The summed E-state index contributed by atoms with van der Waals surface area (Å²) in [5, 5.41) is 8.67. The summed E-state index contributed by atoms with van der Waals surface area (Å²) < 4.78 is 27.2. The van der Waals surface area contributed by atoms with E-state index in [1.165, 1.54) is 6.07 Å². The van der Waals surface area contributed by atoms with E-state index in [1.807, 2.05) is 0 Å². The predicted molar refractivity (Wildman–Crippen MR) is 59.4 cm³/mol. The fourth-order valence-corrected chi connectivity index (χ4v) is 2.08. The monoisotopic (exact) mass is 241 g/mol. The number of piperidine rings is 1. The number of carbonyl (C=O) groups is 1. The standard InChI is InChI=1S/C12H13F2NO2/c13-10-8(12(16)17)4-5-9(11(10)14)15-6-2-1-3-7-15/h4-5H,1-3,6-7H2,(H,16,17). The molecule has 1 saturated heterocycles. The van der Waals surface area contributed by atoms with E-state index >= 15 is 0 Å². The molecule has 2 rings (SSSR count). The quantitative estimate of drug-likeness (QED) is 0.865. The van der Waals surface area contributed by atoms with Gasteiger partial charge in [-0.2, -0.15) is 0 Å². The van der Waals surface area contributed by atoms with E-state index in [4.69, 9.17) is 5.11 Å². The molecule has 5 heteroatoms. The van der Waals surface area contributed by atoms with Crippen LogP contribution in [0.2, 0.25) is 0 Å². The molecule has 0 atom stereocenters. The lowest BCUT2D eigenvalue weighted by Crippen LogP contribution is -2.30. The van der Waals surface area contributed by atoms with Crippen LogP contribution in [-0.2, 0) is 0 Å². The van der Waals surface area contributed by atoms with Crippen molar-refractivity contribution >= 4 is 11.7 Å². The first kappa shape index (κ1) is 11.8. The lowest BCUT2D eigenvalue weighted by molar-refractivity contribution is 0.0690. The van der Waals surface area contributed by atoms with Gasteiger partial charge in [-0.15, -0.1) is 0 Å². The third-order valence-corrected chi connectivity index (χ3v) is 2.99. The first-order valence-electron chi connectivity index (χ1n) is 5.57. The van der Waals surface area contributed by atoms with Crippen LogP contribution in [0.15, 0.2) is 12.1 Å². The van der Waals surface area contributed by atoms with Crippen molar-refractivity contribution in [1.82, 2.24) is 0 Å². The molecule has 1 heterocycles. The van der Waals surface area contributed by atoms with E-state index in [1.54, 1.807) is 4.90 Å². The molecule has 0 radical (unpaired) electrons. The lowest BCUT2D eigenvalue weighted by atomic mass is 10.1. The van der Waals surface area contributed by atoms with E-state index < -0.39 is 23.2 Å². The van der Waals surface area contributed by atoms with Crippen LogP contribution in [0.25, 0.3) is 0 Å². The fraction of sp³-hybridized carbons (Fsp3) is 0.417. The van der Waals surface area contributed by atoms with Crippen molar-refractivity contribution in [3.63, 3.8) is 0 Å². The van der Waals surface area contributed by atoms with Gasteiger partial charge in [-0.25, -0.2) is 13.6 Å².